The Morgan fingerprint density at radius 3 is 2.85 bits per heavy atom. The smallest absolute Gasteiger partial charge is 0.278 e. The summed E-state index contributed by atoms with van der Waals surface area (Å²) in [6, 6.07) is 3.46. The van der Waals surface area contributed by atoms with E-state index in [1.807, 2.05) is 26.8 Å². The second-order valence-corrected chi connectivity index (χ2v) is 7.14. The normalized spacial score (nSPS) is 12.5. The highest BCUT2D eigenvalue weighted by Gasteiger charge is 2.18. The van der Waals surface area contributed by atoms with Crippen LogP contribution in [0.25, 0.3) is 11.0 Å². The Morgan fingerprint density at radius 2 is 2.19 bits per heavy atom. The van der Waals surface area contributed by atoms with E-state index in [-0.39, 0.29) is 23.3 Å². The Balaban J connectivity index is 1.85. The zero-order valence-corrected chi connectivity index (χ0v) is 15.9. The zero-order chi connectivity index (χ0) is 18.8. The number of thioether (sulfide) groups is 1. The first-order valence-electron chi connectivity index (χ1n) is 8.36. The predicted octanol–water partition coefficient (Wildman–Crippen LogP) is 3.03. The van der Waals surface area contributed by atoms with Gasteiger partial charge < -0.3 is 14.8 Å². The van der Waals surface area contributed by atoms with Crippen molar-refractivity contribution in [2.24, 2.45) is 0 Å². The maximum atomic E-state index is 12.9. The molecule has 138 valence electrons. The lowest BCUT2D eigenvalue weighted by molar-refractivity contribution is -0.113. The molecule has 1 atom stereocenters. The van der Waals surface area contributed by atoms with Crippen LogP contribution in [-0.2, 0) is 4.79 Å². The number of H-pyrrole nitrogens is 1. The molecule has 0 spiro atoms. The molecule has 3 rings (SSSR count). The summed E-state index contributed by atoms with van der Waals surface area (Å²) in [6.07, 6.45) is 0.782. The Morgan fingerprint density at radius 1 is 1.42 bits per heavy atom. The third-order valence-corrected chi connectivity index (χ3v) is 5.00. The minimum atomic E-state index is -0.237. The Hall–Kier alpha value is -2.55. The van der Waals surface area contributed by atoms with Crippen LogP contribution in [-0.4, -0.2) is 31.4 Å². The molecule has 0 saturated carbocycles. The molecule has 9 heteroatoms. The van der Waals surface area contributed by atoms with Gasteiger partial charge in [0.15, 0.2) is 11.0 Å². The van der Waals surface area contributed by atoms with Gasteiger partial charge in [-0.1, -0.05) is 23.8 Å². The SMILES string of the molecule is CCC(C)n1c(SCC(=O)Nc2cc(C)on2)nc2cc(C)[nH]c2c1=O. The fraction of sp³-hybridized carbons (Fsp3) is 0.412. The Kier molecular flexibility index (Phi) is 5.17. The summed E-state index contributed by atoms with van der Waals surface area (Å²) in [7, 11) is 0. The molecule has 3 aromatic rings. The van der Waals surface area contributed by atoms with E-state index in [1.165, 1.54) is 11.8 Å². The largest absolute Gasteiger partial charge is 0.360 e. The third kappa shape index (κ3) is 3.67. The molecule has 0 aliphatic heterocycles. The van der Waals surface area contributed by atoms with Gasteiger partial charge in [-0.25, -0.2) is 4.98 Å². The van der Waals surface area contributed by atoms with Crippen LogP contribution < -0.4 is 10.9 Å². The van der Waals surface area contributed by atoms with Crippen LogP contribution in [0.15, 0.2) is 26.6 Å². The number of carbonyl (C=O) groups excluding carboxylic acids is 1. The molecule has 26 heavy (non-hydrogen) atoms. The minimum absolute atomic E-state index is 0.0215. The van der Waals surface area contributed by atoms with E-state index in [2.05, 4.69) is 20.4 Å². The molecule has 1 amide bonds. The summed E-state index contributed by atoms with van der Waals surface area (Å²) < 4.78 is 6.58. The number of hydrogen-bond donors (Lipinski definition) is 2. The Labute approximate surface area is 154 Å². The van der Waals surface area contributed by atoms with E-state index >= 15 is 0 Å². The van der Waals surface area contributed by atoms with Gasteiger partial charge in [0.1, 0.15) is 11.3 Å². The van der Waals surface area contributed by atoms with Gasteiger partial charge in [-0.3, -0.25) is 14.2 Å². The molecule has 0 aliphatic rings. The first kappa shape index (κ1) is 18.2. The van der Waals surface area contributed by atoms with E-state index in [4.69, 9.17) is 4.52 Å². The van der Waals surface area contributed by atoms with Crippen molar-refractivity contribution >= 4 is 34.5 Å². The first-order chi connectivity index (χ1) is 12.4. The molecule has 3 heterocycles. The molecule has 3 aromatic heterocycles. The van der Waals surface area contributed by atoms with Crippen molar-refractivity contribution in [1.82, 2.24) is 19.7 Å². The van der Waals surface area contributed by atoms with Crippen LogP contribution in [0.3, 0.4) is 0 Å². The standard InChI is InChI=1S/C17H21N5O3S/c1-5-10(3)22-16(24)15-12(6-9(2)18-15)19-17(22)26-8-14(23)20-13-7-11(4)25-21-13/h6-7,10,18H,5,8H2,1-4H3,(H,20,21,23). The summed E-state index contributed by atoms with van der Waals surface area (Å²) in [5.74, 6) is 0.869. The average Bonchev–Trinajstić information content (AvgIpc) is 3.17. The second kappa shape index (κ2) is 7.36. The van der Waals surface area contributed by atoms with Crippen LogP contribution in [0.5, 0.6) is 0 Å². The van der Waals surface area contributed by atoms with Crippen molar-refractivity contribution in [3.63, 3.8) is 0 Å². The number of aryl methyl sites for hydroxylation is 2. The van der Waals surface area contributed by atoms with Gasteiger partial charge in [0, 0.05) is 17.8 Å². The molecular weight excluding hydrogens is 354 g/mol. The van der Waals surface area contributed by atoms with Crippen molar-refractivity contribution in [3.8, 4) is 0 Å². The van der Waals surface area contributed by atoms with E-state index in [9.17, 15) is 9.59 Å². The zero-order valence-electron chi connectivity index (χ0n) is 15.1. The van der Waals surface area contributed by atoms with E-state index in [1.54, 1.807) is 17.6 Å². The maximum absolute atomic E-state index is 12.9. The number of amides is 1. The summed E-state index contributed by atoms with van der Waals surface area (Å²) in [4.78, 5) is 32.7. The topological polar surface area (TPSA) is 106 Å². The summed E-state index contributed by atoms with van der Waals surface area (Å²) in [5.41, 5.74) is 1.87. The number of aromatic amines is 1. The van der Waals surface area contributed by atoms with Gasteiger partial charge in [-0.2, -0.15) is 0 Å². The van der Waals surface area contributed by atoms with Crippen LogP contribution in [0, 0.1) is 13.8 Å². The lowest BCUT2D eigenvalue weighted by Crippen LogP contribution is -2.26. The van der Waals surface area contributed by atoms with Crippen LogP contribution in [0.1, 0.15) is 37.8 Å². The van der Waals surface area contributed by atoms with Gasteiger partial charge in [-0.05, 0) is 33.3 Å². The molecule has 0 aromatic carbocycles. The number of carbonyl (C=O) groups is 1. The number of nitrogens with one attached hydrogen (secondary N) is 2. The lowest BCUT2D eigenvalue weighted by Gasteiger charge is -2.17. The number of rotatable bonds is 6. The molecule has 8 nitrogen and oxygen atoms in total. The fourth-order valence-electron chi connectivity index (χ4n) is 2.60. The molecule has 0 saturated heterocycles. The third-order valence-electron chi connectivity index (χ3n) is 4.05. The molecular formula is C17H21N5O3S. The molecule has 1 unspecified atom stereocenters. The monoisotopic (exact) mass is 375 g/mol. The molecule has 2 N–H and O–H groups in total. The van der Waals surface area contributed by atoms with Crippen molar-refractivity contribution in [2.45, 2.75) is 45.3 Å². The van der Waals surface area contributed by atoms with E-state index in [0.29, 0.717) is 27.8 Å². The molecule has 0 aliphatic carbocycles. The van der Waals surface area contributed by atoms with Crippen molar-refractivity contribution in [2.75, 3.05) is 11.1 Å². The molecule has 0 fully saturated rings. The van der Waals surface area contributed by atoms with Crippen molar-refractivity contribution in [1.29, 1.82) is 0 Å². The van der Waals surface area contributed by atoms with Gasteiger partial charge >= 0.3 is 0 Å². The Bertz CT molecular complexity index is 1000. The number of hydrogen-bond acceptors (Lipinski definition) is 6. The van der Waals surface area contributed by atoms with Crippen LogP contribution in [0.2, 0.25) is 0 Å². The summed E-state index contributed by atoms with van der Waals surface area (Å²) in [6.45, 7) is 7.61. The predicted molar refractivity (Wildman–Crippen MR) is 101 cm³/mol. The van der Waals surface area contributed by atoms with Crippen molar-refractivity contribution in [3.05, 3.63) is 33.9 Å². The number of anilines is 1. The quantitative estimate of drug-likeness (QED) is 0.507. The highest BCUT2D eigenvalue weighted by Crippen LogP contribution is 2.23. The summed E-state index contributed by atoms with van der Waals surface area (Å²) in [5, 5.41) is 6.93. The second-order valence-electron chi connectivity index (χ2n) is 6.20. The van der Waals surface area contributed by atoms with Gasteiger partial charge in [-0.15, -0.1) is 0 Å². The molecule has 0 radical (unpaired) electrons. The average molecular weight is 375 g/mol. The van der Waals surface area contributed by atoms with Gasteiger partial charge in [0.25, 0.3) is 5.56 Å². The molecule has 0 bridgehead atoms. The van der Waals surface area contributed by atoms with Crippen LogP contribution >= 0.6 is 11.8 Å². The lowest BCUT2D eigenvalue weighted by atomic mass is 10.2. The first-order valence-corrected chi connectivity index (χ1v) is 9.35. The van der Waals surface area contributed by atoms with E-state index < -0.39 is 0 Å². The van der Waals surface area contributed by atoms with Crippen LogP contribution in [0.4, 0.5) is 5.82 Å². The number of aromatic nitrogens is 4. The van der Waals surface area contributed by atoms with Crippen molar-refractivity contribution < 1.29 is 9.32 Å². The fourth-order valence-corrected chi connectivity index (χ4v) is 3.49. The van der Waals surface area contributed by atoms with E-state index in [0.717, 1.165) is 12.1 Å². The number of fused-ring (bicyclic) bond motifs is 1. The van der Waals surface area contributed by atoms with Gasteiger partial charge in [0.2, 0.25) is 5.91 Å². The summed E-state index contributed by atoms with van der Waals surface area (Å²) >= 11 is 1.23. The van der Waals surface area contributed by atoms with Gasteiger partial charge in [0.05, 0.1) is 11.3 Å². The highest BCUT2D eigenvalue weighted by molar-refractivity contribution is 7.99. The maximum Gasteiger partial charge on any atom is 0.278 e. The minimum Gasteiger partial charge on any atom is -0.360 e. The highest BCUT2D eigenvalue weighted by atomic mass is 32.2. The number of nitrogens with zero attached hydrogens (tertiary/aromatic N) is 3.